The smallest absolute Gasteiger partial charge is 0.426 e. The molecule has 0 bridgehead atoms. The van der Waals surface area contributed by atoms with Crippen molar-refractivity contribution in [1.29, 1.82) is 0 Å². The van der Waals surface area contributed by atoms with E-state index >= 15 is 0 Å². The predicted octanol–water partition coefficient (Wildman–Crippen LogP) is 3.12. The van der Waals surface area contributed by atoms with Gasteiger partial charge in [0.05, 0.1) is 26.1 Å². The quantitative estimate of drug-likeness (QED) is 0.642. The molecule has 0 aliphatic rings. The number of hydrogen-bond donors (Lipinski definition) is 3. The van der Waals surface area contributed by atoms with E-state index in [2.05, 4.69) is 0 Å². The number of aliphatic hydroxyl groups is 1. The van der Waals surface area contributed by atoms with Crippen LogP contribution in [0.2, 0.25) is 5.02 Å². The van der Waals surface area contributed by atoms with Crippen molar-refractivity contribution in [2.75, 3.05) is 5.32 Å². The van der Waals surface area contributed by atoms with E-state index in [1.54, 1.807) is 5.32 Å². The van der Waals surface area contributed by atoms with Crippen LogP contribution in [0.15, 0.2) is 52.3 Å². The van der Waals surface area contributed by atoms with Gasteiger partial charge in [0, 0.05) is 0 Å². The molecule has 0 saturated heterocycles. The first kappa shape index (κ1) is 22.7. The first-order chi connectivity index (χ1) is 13.2. The van der Waals surface area contributed by atoms with Crippen molar-refractivity contribution in [3.05, 3.63) is 53.1 Å². The van der Waals surface area contributed by atoms with Crippen LogP contribution in [-0.2, 0) is 14.6 Å². The minimum absolute atomic E-state index is 0.248. The molecule has 0 heterocycles. The average molecular weight is 452 g/mol. The number of carbonyl (C=O) groups excluding carboxylic acids is 1. The van der Waals surface area contributed by atoms with Crippen LogP contribution in [0.4, 0.5) is 18.9 Å². The molecule has 0 fully saturated rings. The summed E-state index contributed by atoms with van der Waals surface area (Å²) in [6, 6.07) is 7.50. The molecule has 1 atom stereocenters. The number of hydrogen-bond acceptors (Lipinski definition) is 5. The molecule has 1 amide bonds. The molecule has 0 radical (unpaired) electrons. The van der Waals surface area contributed by atoms with Gasteiger partial charge in [-0.05, 0) is 37.3 Å². The molecule has 12 heteroatoms. The summed E-state index contributed by atoms with van der Waals surface area (Å²) in [5.74, 6) is -3.30. The molecule has 3 N–H and O–H groups in total. The van der Waals surface area contributed by atoms with Crippen LogP contribution in [0.25, 0.3) is 0 Å². The lowest BCUT2D eigenvalue weighted by Gasteiger charge is -2.25. The number of carbonyl (C=O) groups is 2. The van der Waals surface area contributed by atoms with Gasteiger partial charge in [0.25, 0.3) is 5.91 Å². The molecule has 0 aliphatic heterocycles. The van der Waals surface area contributed by atoms with E-state index in [9.17, 15) is 36.3 Å². The van der Waals surface area contributed by atoms with Gasteiger partial charge in [-0.2, -0.15) is 13.2 Å². The van der Waals surface area contributed by atoms with Crippen LogP contribution < -0.4 is 5.32 Å². The molecule has 0 aromatic heterocycles. The standard InChI is InChI=1S/C17H13ClF3NO6S/c1-16(26,17(19,20)21)15(25)22-12-7-6-9(8-11(12)18)29(27,28)13-5-3-2-4-10(13)14(23)24/h2-8,26H,1H3,(H,22,25)(H,23,24). The highest BCUT2D eigenvalue weighted by atomic mass is 35.5. The number of nitrogens with one attached hydrogen (secondary N) is 1. The zero-order valence-electron chi connectivity index (χ0n) is 14.5. The van der Waals surface area contributed by atoms with Crippen LogP contribution in [0.5, 0.6) is 0 Å². The van der Waals surface area contributed by atoms with Gasteiger partial charge in [0.2, 0.25) is 15.4 Å². The Bertz CT molecular complexity index is 1080. The fourth-order valence-corrected chi connectivity index (χ4v) is 3.91. The molecule has 29 heavy (non-hydrogen) atoms. The molecule has 2 rings (SSSR count). The van der Waals surface area contributed by atoms with Crippen LogP contribution in [-0.4, -0.2) is 42.3 Å². The summed E-state index contributed by atoms with van der Waals surface area (Å²) in [6.45, 7) is 0.248. The molecule has 1 unspecified atom stereocenters. The van der Waals surface area contributed by atoms with E-state index < -0.39 is 53.9 Å². The third-order valence-corrected chi connectivity index (χ3v) is 6.02. The number of benzene rings is 2. The largest absolute Gasteiger partial charge is 0.478 e. The number of alkyl halides is 3. The predicted molar refractivity (Wildman–Crippen MR) is 95.6 cm³/mol. The number of carboxylic acid groups (broad SMARTS) is 1. The van der Waals surface area contributed by atoms with Crippen LogP contribution in [0.1, 0.15) is 17.3 Å². The summed E-state index contributed by atoms with van der Waals surface area (Å²) in [4.78, 5) is 22.0. The second kappa shape index (κ2) is 7.65. The normalized spacial score (nSPS) is 14.1. The van der Waals surface area contributed by atoms with Gasteiger partial charge in [-0.15, -0.1) is 0 Å². The second-order valence-electron chi connectivity index (χ2n) is 5.97. The van der Waals surface area contributed by atoms with Crippen LogP contribution in [0, 0.1) is 0 Å². The Labute approximate surface area is 167 Å². The lowest BCUT2D eigenvalue weighted by atomic mass is 10.1. The second-order valence-corrected chi connectivity index (χ2v) is 8.30. The Hall–Kier alpha value is -2.63. The third kappa shape index (κ3) is 4.36. The number of sulfone groups is 1. The van der Waals surface area contributed by atoms with Crippen molar-refractivity contribution in [3.63, 3.8) is 0 Å². The van der Waals surface area contributed by atoms with E-state index in [0.717, 1.165) is 30.3 Å². The number of halogens is 4. The zero-order valence-corrected chi connectivity index (χ0v) is 16.1. The summed E-state index contributed by atoms with van der Waals surface area (Å²) in [6.07, 6.45) is -5.26. The van der Waals surface area contributed by atoms with Crippen molar-refractivity contribution in [2.45, 2.75) is 28.5 Å². The van der Waals surface area contributed by atoms with E-state index in [-0.39, 0.29) is 12.6 Å². The van der Waals surface area contributed by atoms with Gasteiger partial charge >= 0.3 is 12.1 Å². The summed E-state index contributed by atoms with van der Waals surface area (Å²) >= 11 is 5.88. The molecule has 0 spiro atoms. The lowest BCUT2D eigenvalue weighted by molar-refractivity contribution is -0.242. The molecular weight excluding hydrogens is 439 g/mol. The SMILES string of the molecule is CC(O)(C(=O)Nc1ccc(S(=O)(=O)c2ccccc2C(=O)O)cc1Cl)C(F)(F)F. The molecule has 0 saturated carbocycles. The summed E-state index contributed by atoms with van der Waals surface area (Å²) in [5, 5.41) is 19.9. The molecular formula is C17H13ClF3NO6S. The molecule has 0 aliphatic carbocycles. The Morgan fingerprint density at radius 2 is 1.69 bits per heavy atom. The summed E-state index contributed by atoms with van der Waals surface area (Å²) in [7, 11) is -4.34. The summed E-state index contributed by atoms with van der Waals surface area (Å²) in [5.41, 5.74) is -4.57. The molecule has 2 aromatic rings. The first-order valence-electron chi connectivity index (χ1n) is 7.67. The topological polar surface area (TPSA) is 121 Å². The van der Waals surface area contributed by atoms with Crippen LogP contribution in [0.3, 0.4) is 0 Å². The Balaban J connectivity index is 2.42. The number of carboxylic acids is 1. The van der Waals surface area contributed by atoms with Crippen LogP contribution >= 0.6 is 11.6 Å². The van der Waals surface area contributed by atoms with Gasteiger partial charge in [-0.3, -0.25) is 4.79 Å². The van der Waals surface area contributed by atoms with Crippen molar-refractivity contribution in [1.82, 2.24) is 0 Å². The van der Waals surface area contributed by atoms with Gasteiger partial charge < -0.3 is 15.5 Å². The zero-order chi connectivity index (χ0) is 22.2. The maximum Gasteiger partial charge on any atom is 0.426 e. The van der Waals surface area contributed by atoms with E-state index in [1.807, 2.05) is 0 Å². The highest BCUT2D eigenvalue weighted by molar-refractivity contribution is 7.91. The minimum Gasteiger partial charge on any atom is -0.478 e. The average Bonchev–Trinajstić information content (AvgIpc) is 2.62. The minimum atomic E-state index is -5.26. The van der Waals surface area contributed by atoms with Crippen molar-refractivity contribution in [2.24, 2.45) is 0 Å². The van der Waals surface area contributed by atoms with E-state index in [0.29, 0.717) is 0 Å². The van der Waals surface area contributed by atoms with Gasteiger partial charge in [0.1, 0.15) is 0 Å². The lowest BCUT2D eigenvalue weighted by Crippen LogP contribution is -2.52. The Morgan fingerprint density at radius 1 is 1.10 bits per heavy atom. The van der Waals surface area contributed by atoms with Gasteiger partial charge in [0.15, 0.2) is 0 Å². The first-order valence-corrected chi connectivity index (χ1v) is 9.53. The fraction of sp³-hybridized carbons (Fsp3) is 0.176. The Kier molecular flexibility index (Phi) is 5.98. The van der Waals surface area contributed by atoms with Gasteiger partial charge in [-0.25, -0.2) is 13.2 Å². The highest BCUT2D eigenvalue weighted by Gasteiger charge is 2.55. The molecule has 2 aromatic carbocycles. The number of anilines is 1. The number of aromatic carboxylic acids is 1. The highest BCUT2D eigenvalue weighted by Crippen LogP contribution is 2.33. The molecule has 7 nitrogen and oxygen atoms in total. The van der Waals surface area contributed by atoms with Crippen molar-refractivity contribution >= 4 is 39.0 Å². The monoisotopic (exact) mass is 451 g/mol. The van der Waals surface area contributed by atoms with Gasteiger partial charge in [-0.1, -0.05) is 23.7 Å². The maximum atomic E-state index is 12.7. The fourth-order valence-electron chi connectivity index (χ4n) is 2.14. The third-order valence-electron chi connectivity index (χ3n) is 3.90. The van der Waals surface area contributed by atoms with E-state index in [4.69, 9.17) is 16.7 Å². The molecule has 156 valence electrons. The summed E-state index contributed by atoms with van der Waals surface area (Å²) < 4.78 is 63.7. The number of amides is 1. The van der Waals surface area contributed by atoms with E-state index in [1.165, 1.54) is 12.1 Å². The Morgan fingerprint density at radius 3 is 2.21 bits per heavy atom. The maximum absolute atomic E-state index is 12.7. The van der Waals surface area contributed by atoms with Crippen molar-refractivity contribution in [3.8, 4) is 0 Å². The van der Waals surface area contributed by atoms with Crippen molar-refractivity contribution < 1.29 is 41.4 Å². The number of rotatable bonds is 5.